The highest BCUT2D eigenvalue weighted by molar-refractivity contribution is 5.99. The number of nitrogen functional groups attached to an aromatic ring is 1. The summed E-state index contributed by atoms with van der Waals surface area (Å²) in [5.41, 5.74) is 6.72. The van der Waals surface area contributed by atoms with Crippen molar-refractivity contribution in [3.63, 3.8) is 0 Å². The van der Waals surface area contributed by atoms with E-state index >= 15 is 0 Å². The molecule has 0 aliphatic carbocycles. The molecule has 1 aromatic rings. The monoisotopic (exact) mass is 236 g/mol. The molecule has 0 atom stereocenters. The van der Waals surface area contributed by atoms with Gasteiger partial charge in [-0.2, -0.15) is 0 Å². The van der Waals surface area contributed by atoms with Crippen LogP contribution in [0.3, 0.4) is 0 Å². The van der Waals surface area contributed by atoms with Gasteiger partial charge in [-0.3, -0.25) is 4.79 Å². The quantitative estimate of drug-likeness (QED) is 0.789. The van der Waals surface area contributed by atoms with Crippen molar-refractivity contribution < 1.29 is 9.53 Å². The maximum absolute atomic E-state index is 11.9. The minimum Gasteiger partial charge on any atom is -0.497 e. The van der Waals surface area contributed by atoms with Gasteiger partial charge in [0.1, 0.15) is 5.75 Å². The number of hydrogen-bond acceptors (Lipinski definition) is 3. The van der Waals surface area contributed by atoms with E-state index in [4.69, 9.17) is 10.5 Å². The van der Waals surface area contributed by atoms with Gasteiger partial charge in [0.25, 0.3) is 5.91 Å². The summed E-state index contributed by atoms with van der Waals surface area (Å²) in [4.78, 5) is 11.9. The van der Waals surface area contributed by atoms with Gasteiger partial charge < -0.3 is 15.8 Å². The molecule has 0 fully saturated rings. The number of benzene rings is 1. The zero-order chi connectivity index (χ0) is 13.1. The summed E-state index contributed by atoms with van der Waals surface area (Å²) in [6.45, 7) is 6.77. The normalized spacial score (nSPS) is 11.1. The van der Waals surface area contributed by atoms with Gasteiger partial charge in [-0.05, 0) is 23.6 Å². The number of ether oxygens (including phenoxy) is 1. The minimum absolute atomic E-state index is 0.0449. The van der Waals surface area contributed by atoms with Gasteiger partial charge >= 0.3 is 0 Å². The van der Waals surface area contributed by atoms with E-state index in [2.05, 4.69) is 26.1 Å². The fraction of sp³-hybridized carbons (Fsp3) is 0.462. The predicted molar refractivity (Wildman–Crippen MR) is 69.2 cm³/mol. The molecule has 0 saturated heterocycles. The third-order valence-electron chi connectivity index (χ3n) is 2.28. The second-order valence-corrected chi connectivity index (χ2v) is 5.20. The van der Waals surface area contributed by atoms with Crippen LogP contribution in [0.25, 0.3) is 0 Å². The van der Waals surface area contributed by atoms with Crippen molar-refractivity contribution in [3.8, 4) is 5.75 Å². The van der Waals surface area contributed by atoms with E-state index in [0.29, 0.717) is 23.5 Å². The smallest absolute Gasteiger partial charge is 0.253 e. The first-order valence-corrected chi connectivity index (χ1v) is 5.55. The molecular weight excluding hydrogens is 216 g/mol. The lowest BCUT2D eigenvalue weighted by Gasteiger charge is -2.19. The largest absolute Gasteiger partial charge is 0.497 e. The van der Waals surface area contributed by atoms with Gasteiger partial charge in [0.2, 0.25) is 0 Å². The average molecular weight is 236 g/mol. The van der Waals surface area contributed by atoms with Crippen LogP contribution >= 0.6 is 0 Å². The van der Waals surface area contributed by atoms with Crippen molar-refractivity contribution in [2.45, 2.75) is 20.8 Å². The molecule has 0 aliphatic rings. The molecule has 0 aromatic heterocycles. The van der Waals surface area contributed by atoms with E-state index in [0.717, 1.165) is 0 Å². The molecule has 0 unspecified atom stereocenters. The lowest BCUT2D eigenvalue weighted by Crippen LogP contribution is -2.32. The third kappa shape index (κ3) is 3.98. The highest BCUT2D eigenvalue weighted by Crippen LogP contribution is 2.19. The second-order valence-electron chi connectivity index (χ2n) is 5.20. The van der Waals surface area contributed by atoms with Crippen molar-refractivity contribution in [2.24, 2.45) is 5.41 Å². The maximum atomic E-state index is 11.9. The Morgan fingerprint density at radius 1 is 1.41 bits per heavy atom. The summed E-state index contributed by atoms with van der Waals surface area (Å²) in [5, 5.41) is 2.86. The van der Waals surface area contributed by atoms with Crippen LogP contribution in [0.15, 0.2) is 18.2 Å². The van der Waals surface area contributed by atoms with E-state index in [1.807, 2.05) is 0 Å². The molecular formula is C13H20N2O2. The molecule has 0 bridgehead atoms. The molecule has 0 saturated carbocycles. The van der Waals surface area contributed by atoms with Crippen molar-refractivity contribution in [3.05, 3.63) is 23.8 Å². The molecule has 3 N–H and O–H groups in total. The van der Waals surface area contributed by atoms with Crippen LogP contribution in [-0.4, -0.2) is 19.6 Å². The van der Waals surface area contributed by atoms with Gasteiger partial charge in [-0.15, -0.1) is 0 Å². The van der Waals surface area contributed by atoms with Crippen LogP contribution in [0.5, 0.6) is 5.75 Å². The molecule has 1 aromatic carbocycles. The van der Waals surface area contributed by atoms with E-state index < -0.39 is 0 Å². The first-order chi connectivity index (χ1) is 7.83. The number of carbonyl (C=O) groups is 1. The number of nitrogens with two attached hydrogens (primary N) is 1. The lowest BCUT2D eigenvalue weighted by atomic mass is 9.97. The van der Waals surface area contributed by atoms with Gasteiger partial charge in [0, 0.05) is 12.2 Å². The Bertz CT molecular complexity index is 408. The molecule has 1 amide bonds. The number of hydrogen-bond donors (Lipinski definition) is 2. The fourth-order valence-electron chi connectivity index (χ4n) is 1.30. The van der Waals surface area contributed by atoms with E-state index in [-0.39, 0.29) is 11.3 Å². The van der Waals surface area contributed by atoms with Crippen molar-refractivity contribution in [1.82, 2.24) is 5.32 Å². The van der Waals surface area contributed by atoms with Gasteiger partial charge in [0.05, 0.1) is 12.7 Å². The zero-order valence-corrected chi connectivity index (χ0v) is 10.8. The van der Waals surface area contributed by atoms with Crippen molar-refractivity contribution in [1.29, 1.82) is 0 Å². The number of amides is 1. The predicted octanol–water partition coefficient (Wildman–Crippen LogP) is 2.05. The lowest BCUT2D eigenvalue weighted by molar-refractivity contribution is 0.0940. The fourth-order valence-corrected chi connectivity index (χ4v) is 1.30. The highest BCUT2D eigenvalue weighted by atomic mass is 16.5. The highest BCUT2D eigenvalue weighted by Gasteiger charge is 2.15. The van der Waals surface area contributed by atoms with Crippen LogP contribution in [0.4, 0.5) is 5.69 Å². The van der Waals surface area contributed by atoms with Crippen molar-refractivity contribution >= 4 is 11.6 Å². The number of rotatable bonds is 3. The second kappa shape index (κ2) is 5.08. The molecule has 4 nitrogen and oxygen atoms in total. The SMILES string of the molecule is COc1ccc(N)c(C(=O)NCC(C)(C)C)c1. The molecule has 0 aliphatic heterocycles. The summed E-state index contributed by atoms with van der Waals surface area (Å²) in [6.07, 6.45) is 0. The molecule has 0 radical (unpaired) electrons. The van der Waals surface area contributed by atoms with Gasteiger partial charge in [-0.1, -0.05) is 20.8 Å². The van der Waals surface area contributed by atoms with E-state index in [1.165, 1.54) is 0 Å². The Hall–Kier alpha value is -1.71. The summed E-state index contributed by atoms with van der Waals surface area (Å²) in [7, 11) is 1.56. The van der Waals surface area contributed by atoms with Crippen LogP contribution < -0.4 is 15.8 Å². The van der Waals surface area contributed by atoms with Gasteiger partial charge in [-0.25, -0.2) is 0 Å². The van der Waals surface area contributed by atoms with E-state index in [1.54, 1.807) is 25.3 Å². The Kier molecular flexibility index (Phi) is 3.99. The Morgan fingerprint density at radius 3 is 2.59 bits per heavy atom. The number of nitrogens with one attached hydrogen (secondary N) is 1. The van der Waals surface area contributed by atoms with Crippen molar-refractivity contribution in [2.75, 3.05) is 19.4 Å². The number of anilines is 1. The maximum Gasteiger partial charge on any atom is 0.253 e. The zero-order valence-electron chi connectivity index (χ0n) is 10.8. The number of methoxy groups -OCH3 is 1. The minimum atomic E-state index is -0.170. The molecule has 94 valence electrons. The van der Waals surface area contributed by atoms with Gasteiger partial charge in [0.15, 0.2) is 0 Å². The Morgan fingerprint density at radius 2 is 2.06 bits per heavy atom. The molecule has 17 heavy (non-hydrogen) atoms. The third-order valence-corrected chi connectivity index (χ3v) is 2.28. The molecule has 4 heteroatoms. The topological polar surface area (TPSA) is 64.3 Å². The van der Waals surface area contributed by atoms with Crippen LogP contribution in [0.1, 0.15) is 31.1 Å². The Labute approximate surface area is 102 Å². The standard InChI is InChI=1S/C13H20N2O2/c1-13(2,3)8-15-12(16)10-7-9(17-4)5-6-11(10)14/h5-7H,8,14H2,1-4H3,(H,15,16). The first-order valence-electron chi connectivity index (χ1n) is 5.55. The summed E-state index contributed by atoms with van der Waals surface area (Å²) in [5.74, 6) is 0.455. The first kappa shape index (κ1) is 13.4. The molecule has 1 rings (SSSR count). The van der Waals surface area contributed by atoms with Crippen LogP contribution in [0.2, 0.25) is 0 Å². The summed E-state index contributed by atoms with van der Waals surface area (Å²) >= 11 is 0. The van der Waals surface area contributed by atoms with Crippen LogP contribution in [0, 0.1) is 5.41 Å². The van der Waals surface area contributed by atoms with E-state index in [9.17, 15) is 4.79 Å². The molecule has 0 heterocycles. The summed E-state index contributed by atoms with van der Waals surface area (Å²) < 4.78 is 5.07. The molecule has 0 spiro atoms. The van der Waals surface area contributed by atoms with Crippen LogP contribution in [-0.2, 0) is 0 Å². The number of carbonyl (C=O) groups excluding carboxylic acids is 1. The average Bonchev–Trinajstić information content (AvgIpc) is 2.25. The summed E-state index contributed by atoms with van der Waals surface area (Å²) in [6, 6.07) is 5.05. The Balaban J connectivity index is 2.81.